The van der Waals surface area contributed by atoms with Crippen molar-refractivity contribution in [2.45, 2.75) is 229 Å². The fourth-order valence-corrected chi connectivity index (χ4v) is 15.2. The molecule has 8 aliphatic carbocycles. The Hall–Kier alpha value is -3.16. The molecule has 0 saturated heterocycles. The zero-order valence-electron chi connectivity index (χ0n) is 42.1. The molecule has 0 heterocycles. The lowest BCUT2D eigenvalue weighted by molar-refractivity contribution is -0.155. The first-order chi connectivity index (χ1) is 30.3. The van der Waals surface area contributed by atoms with Gasteiger partial charge in [-0.15, -0.1) is 6.58 Å². The normalized spacial score (nSPS) is 40.5. The first kappa shape index (κ1) is 51.8. The second-order valence-corrected chi connectivity index (χ2v) is 21.8. The summed E-state index contributed by atoms with van der Waals surface area (Å²) < 4.78 is 22.0. The summed E-state index contributed by atoms with van der Waals surface area (Å²) in [7, 11) is 0. The Balaban J connectivity index is 0.000000161. The number of fused-ring (bicyclic) bond motifs is 4. The highest BCUT2D eigenvalue weighted by atomic mass is 16.6. The predicted molar refractivity (Wildman–Crippen MR) is 256 cm³/mol. The lowest BCUT2D eigenvalue weighted by Crippen LogP contribution is -2.41. The number of esters is 4. The molecular formula is C56H88O8. The van der Waals surface area contributed by atoms with E-state index in [2.05, 4.69) is 79.3 Å². The van der Waals surface area contributed by atoms with E-state index in [-0.39, 0.29) is 48.3 Å². The second-order valence-electron chi connectivity index (χ2n) is 21.8. The van der Waals surface area contributed by atoms with Crippen LogP contribution in [0.15, 0.2) is 47.6 Å². The fraction of sp³-hybridized carbons (Fsp3) is 0.786. The minimum atomic E-state index is -0.128. The molecule has 0 aliphatic heterocycles. The van der Waals surface area contributed by atoms with Crippen molar-refractivity contribution in [3.05, 3.63) is 47.6 Å². The van der Waals surface area contributed by atoms with Crippen LogP contribution in [0.5, 0.6) is 0 Å². The van der Waals surface area contributed by atoms with Gasteiger partial charge in [-0.25, -0.2) is 0 Å². The maximum Gasteiger partial charge on any atom is 0.302 e. The average Bonchev–Trinajstić information content (AvgIpc) is 3.97. The summed E-state index contributed by atoms with van der Waals surface area (Å²) in [5, 5.41) is 0. The van der Waals surface area contributed by atoms with Gasteiger partial charge >= 0.3 is 23.9 Å². The van der Waals surface area contributed by atoms with Crippen molar-refractivity contribution in [2.75, 3.05) is 0 Å². The molecule has 7 fully saturated rings. The van der Waals surface area contributed by atoms with Crippen LogP contribution in [0.4, 0.5) is 0 Å². The molecule has 8 rings (SSSR count). The number of ether oxygens (including phenoxy) is 4. The molecule has 7 saturated carbocycles. The van der Waals surface area contributed by atoms with E-state index in [0.717, 1.165) is 38.5 Å². The molecule has 0 radical (unpaired) electrons. The smallest absolute Gasteiger partial charge is 0.302 e. The first-order valence-corrected chi connectivity index (χ1v) is 25.6. The lowest BCUT2D eigenvalue weighted by Gasteiger charge is -2.43. The van der Waals surface area contributed by atoms with Crippen LogP contribution in [0, 0.1) is 51.2 Å². The van der Waals surface area contributed by atoms with Gasteiger partial charge in [-0.1, -0.05) is 75.6 Å². The third kappa shape index (κ3) is 11.2. The van der Waals surface area contributed by atoms with Crippen molar-refractivity contribution in [3.8, 4) is 0 Å². The molecule has 1 unspecified atom stereocenters. The second kappa shape index (κ2) is 22.1. The number of allylic oxidation sites excluding steroid dienone is 7. The molecule has 0 amide bonds. The Morgan fingerprint density at radius 3 is 1.34 bits per heavy atom. The molecule has 8 nitrogen and oxygen atoms in total. The zero-order valence-corrected chi connectivity index (χ0v) is 42.1. The predicted octanol–water partition coefficient (Wildman–Crippen LogP) is 13.7. The largest absolute Gasteiger partial charge is 0.462 e. The first-order valence-electron chi connectivity index (χ1n) is 25.6. The fourth-order valence-electron chi connectivity index (χ4n) is 15.2. The quantitative estimate of drug-likeness (QED) is 0.147. The summed E-state index contributed by atoms with van der Waals surface area (Å²) in [6.07, 6.45) is 33.0. The van der Waals surface area contributed by atoms with Gasteiger partial charge in [-0.2, -0.15) is 0 Å². The minimum Gasteiger partial charge on any atom is -0.462 e. The van der Waals surface area contributed by atoms with Crippen LogP contribution in [-0.4, -0.2) is 48.3 Å². The summed E-state index contributed by atoms with van der Waals surface area (Å²) in [4.78, 5) is 44.5. The van der Waals surface area contributed by atoms with Crippen LogP contribution in [0.25, 0.3) is 0 Å². The van der Waals surface area contributed by atoms with Crippen molar-refractivity contribution in [1.29, 1.82) is 0 Å². The zero-order chi connectivity index (χ0) is 47.0. The van der Waals surface area contributed by atoms with Gasteiger partial charge in [0.2, 0.25) is 0 Å². The van der Waals surface area contributed by atoms with Crippen molar-refractivity contribution in [3.63, 3.8) is 0 Å². The van der Waals surface area contributed by atoms with Crippen LogP contribution >= 0.6 is 0 Å². The van der Waals surface area contributed by atoms with Crippen molar-refractivity contribution in [1.82, 2.24) is 0 Å². The lowest BCUT2D eigenvalue weighted by atomic mass is 9.64. The van der Waals surface area contributed by atoms with Gasteiger partial charge in [-0.05, 0) is 170 Å². The van der Waals surface area contributed by atoms with Gasteiger partial charge in [0.15, 0.2) is 0 Å². The minimum absolute atomic E-state index is 0.122. The van der Waals surface area contributed by atoms with E-state index in [4.69, 9.17) is 18.9 Å². The molecule has 0 bridgehead atoms. The third-order valence-electron chi connectivity index (χ3n) is 18.4. The highest BCUT2D eigenvalue weighted by Crippen LogP contribution is 2.59. The number of carbonyl (C=O) groups excluding carboxylic acids is 4. The van der Waals surface area contributed by atoms with Crippen molar-refractivity contribution < 1.29 is 38.1 Å². The summed E-state index contributed by atoms with van der Waals surface area (Å²) in [5.74, 6) is 2.29. The van der Waals surface area contributed by atoms with E-state index in [9.17, 15) is 19.2 Å². The van der Waals surface area contributed by atoms with Crippen LogP contribution in [-0.2, 0) is 38.1 Å². The molecule has 0 spiro atoms. The van der Waals surface area contributed by atoms with Gasteiger partial charge in [-0.3, -0.25) is 19.2 Å². The summed E-state index contributed by atoms with van der Waals surface area (Å²) in [5.41, 5.74) is 5.95. The Morgan fingerprint density at radius 1 is 0.562 bits per heavy atom. The third-order valence-corrected chi connectivity index (χ3v) is 18.4. The Morgan fingerprint density at radius 2 is 0.953 bits per heavy atom. The van der Waals surface area contributed by atoms with Gasteiger partial charge in [0.1, 0.15) is 24.4 Å². The Kier molecular flexibility index (Phi) is 17.9. The molecule has 0 aromatic heterocycles. The van der Waals surface area contributed by atoms with Crippen LogP contribution < -0.4 is 0 Å². The summed E-state index contributed by atoms with van der Waals surface area (Å²) >= 11 is 0. The van der Waals surface area contributed by atoms with Crippen LogP contribution in [0.2, 0.25) is 0 Å². The molecule has 8 aliphatic rings. The molecule has 8 heteroatoms. The number of hydrogen-bond acceptors (Lipinski definition) is 8. The molecule has 0 N–H and O–H groups in total. The monoisotopic (exact) mass is 889 g/mol. The highest BCUT2D eigenvalue weighted by molar-refractivity contribution is 5.67. The molecular weight excluding hydrogens is 801 g/mol. The van der Waals surface area contributed by atoms with Crippen LogP contribution in [0.3, 0.4) is 0 Å². The Bertz CT molecular complexity index is 1690. The molecule has 0 aromatic rings. The molecule has 0 aromatic carbocycles. The van der Waals surface area contributed by atoms with E-state index in [1.165, 1.54) is 118 Å². The maximum atomic E-state index is 11.1. The number of hydrogen-bond donors (Lipinski definition) is 0. The van der Waals surface area contributed by atoms with E-state index >= 15 is 0 Å². The van der Waals surface area contributed by atoms with Crippen LogP contribution in [0.1, 0.15) is 205 Å². The average molecular weight is 889 g/mol. The maximum absolute atomic E-state index is 11.1. The SMILES string of the molecule is C/C=C1/CC[C@H]2[C@@H](OC(C)=O)CCC[C@]12C.C/C=C1\CC[C@H]2[C@@H](OC(C)=O)CCC[C@]12C.C=CC1CC[C@H]2[C@@H](OC(C)=O)CCC[C@]12C.CCC1=CC[C@H]2[C@@H](OC(C)=O)CCC[C@]12C. The highest BCUT2D eigenvalue weighted by Gasteiger charge is 2.53. The molecule has 64 heavy (non-hydrogen) atoms. The van der Waals surface area contributed by atoms with E-state index in [0.29, 0.717) is 51.2 Å². The number of rotatable bonds is 6. The van der Waals surface area contributed by atoms with E-state index in [1.54, 1.807) is 16.7 Å². The van der Waals surface area contributed by atoms with E-state index in [1.807, 2.05) is 0 Å². The molecule has 360 valence electrons. The standard InChI is InChI=1S/4C14H22O2/c4*1-4-11-7-8-12-13(16-10(2)15)6-5-9-14(11,12)3/h7,12-13H,4-6,8-9H2,1-3H3;2*4,12-13H,5-9H2,1-3H3;4,11-13H,1,5-9H2,2-3H3/b;11-4+;11-4-;/t3*12-,13-,14+;11?,12-,13-,14+/m0000/s1. The topological polar surface area (TPSA) is 105 Å². The summed E-state index contributed by atoms with van der Waals surface area (Å²) in [6.45, 7) is 26.0. The Labute approximate surface area is 388 Å². The molecule has 13 atom stereocenters. The van der Waals surface area contributed by atoms with Gasteiger partial charge < -0.3 is 18.9 Å². The van der Waals surface area contributed by atoms with Gasteiger partial charge in [0, 0.05) is 51.4 Å². The van der Waals surface area contributed by atoms with Gasteiger partial charge in [0.05, 0.1) is 0 Å². The van der Waals surface area contributed by atoms with E-state index < -0.39 is 0 Å². The number of carbonyl (C=O) groups is 4. The summed E-state index contributed by atoms with van der Waals surface area (Å²) in [6, 6.07) is 0. The van der Waals surface area contributed by atoms with Gasteiger partial charge in [0.25, 0.3) is 0 Å². The van der Waals surface area contributed by atoms with Crippen molar-refractivity contribution >= 4 is 23.9 Å². The van der Waals surface area contributed by atoms with Crippen molar-refractivity contribution in [2.24, 2.45) is 51.2 Å².